The number of hydrogen-bond donors (Lipinski definition) is 4. The standard InChI is InChI=1S/C19H13FN4O4/c20-13-9-21-19(24-17(13)22-10-4-3-5-11(25)8-10)23-15-12-6-1-2-7-14(12)28-16(15)18(26)27/h1-9,25H,(H,26,27)(H2,21,22,23,24). The van der Waals surface area contributed by atoms with Gasteiger partial charge in [0.05, 0.1) is 6.20 Å². The van der Waals surface area contributed by atoms with Gasteiger partial charge >= 0.3 is 5.97 Å². The van der Waals surface area contributed by atoms with Crippen LogP contribution in [0.15, 0.2) is 59.1 Å². The van der Waals surface area contributed by atoms with Crippen LogP contribution < -0.4 is 10.6 Å². The van der Waals surface area contributed by atoms with E-state index in [1.165, 1.54) is 12.1 Å². The van der Waals surface area contributed by atoms with Gasteiger partial charge in [0.25, 0.3) is 0 Å². The molecule has 9 heteroatoms. The lowest BCUT2D eigenvalue weighted by molar-refractivity contribution is 0.0666. The number of aromatic nitrogens is 2. The maximum absolute atomic E-state index is 14.1. The first-order valence-corrected chi connectivity index (χ1v) is 8.11. The first-order chi connectivity index (χ1) is 13.5. The van der Waals surface area contributed by atoms with E-state index in [0.29, 0.717) is 16.7 Å². The SMILES string of the molecule is O=C(O)c1oc2ccccc2c1Nc1ncc(F)c(Nc2cccc(O)c2)n1. The van der Waals surface area contributed by atoms with E-state index < -0.39 is 11.8 Å². The Morgan fingerprint density at radius 3 is 2.71 bits per heavy atom. The van der Waals surface area contributed by atoms with Crippen LogP contribution in [0, 0.1) is 5.82 Å². The average molecular weight is 380 g/mol. The number of carbonyl (C=O) groups is 1. The quantitative estimate of drug-likeness (QED) is 0.405. The van der Waals surface area contributed by atoms with Crippen LogP contribution in [0.2, 0.25) is 0 Å². The number of hydrogen-bond acceptors (Lipinski definition) is 7. The van der Waals surface area contributed by atoms with Crippen LogP contribution in [0.3, 0.4) is 0 Å². The number of halogens is 1. The van der Waals surface area contributed by atoms with Gasteiger partial charge in [0.15, 0.2) is 11.6 Å². The van der Waals surface area contributed by atoms with Crippen molar-refractivity contribution in [1.82, 2.24) is 9.97 Å². The maximum atomic E-state index is 14.1. The fourth-order valence-corrected chi connectivity index (χ4v) is 2.67. The minimum absolute atomic E-state index is 0.00813. The molecule has 0 amide bonds. The Morgan fingerprint density at radius 1 is 1.11 bits per heavy atom. The molecule has 8 nitrogen and oxygen atoms in total. The molecule has 0 radical (unpaired) electrons. The molecule has 0 fully saturated rings. The summed E-state index contributed by atoms with van der Waals surface area (Å²) in [6.07, 6.45) is 0.948. The molecule has 28 heavy (non-hydrogen) atoms. The van der Waals surface area contributed by atoms with Crippen molar-refractivity contribution in [1.29, 1.82) is 0 Å². The Balaban J connectivity index is 1.71. The third-order valence-corrected chi connectivity index (χ3v) is 3.88. The zero-order valence-corrected chi connectivity index (χ0v) is 14.2. The van der Waals surface area contributed by atoms with Crippen molar-refractivity contribution in [3.63, 3.8) is 0 Å². The molecule has 140 valence electrons. The number of benzene rings is 2. The number of aromatic carboxylic acids is 1. The lowest BCUT2D eigenvalue weighted by Crippen LogP contribution is -2.05. The van der Waals surface area contributed by atoms with Gasteiger partial charge in [-0.05, 0) is 24.3 Å². The van der Waals surface area contributed by atoms with Gasteiger partial charge in [-0.15, -0.1) is 0 Å². The third-order valence-electron chi connectivity index (χ3n) is 3.88. The largest absolute Gasteiger partial charge is 0.508 e. The van der Waals surface area contributed by atoms with Gasteiger partial charge in [0.2, 0.25) is 11.7 Å². The molecule has 0 atom stereocenters. The number of carboxylic acids is 1. The first kappa shape index (κ1) is 17.3. The molecule has 0 aliphatic heterocycles. The normalized spacial score (nSPS) is 10.8. The molecule has 0 aliphatic rings. The third kappa shape index (κ3) is 3.28. The molecular formula is C19H13FN4O4. The summed E-state index contributed by atoms with van der Waals surface area (Å²) in [5.74, 6) is -2.46. The number of phenolic OH excluding ortho intramolecular Hbond substituents is 1. The number of nitrogens with one attached hydrogen (secondary N) is 2. The molecule has 0 bridgehead atoms. The number of fused-ring (bicyclic) bond motifs is 1. The molecule has 0 unspecified atom stereocenters. The second-order valence-corrected chi connectivity index (χ2v) is 5.80. The number of phenols is 1. The molecule has 2 aromatic carbocycles. The molecule has 0 saturated carbocycles. The minimum Gasteiger partial charge on any atom is -0.508 e. The Kier molecular flexibility index (Phi) is 4.24. The highest BCUT2D eigenvalue weighted by atomic mass is 19.1. The second kappa shape index (κ2) is 6.88. The van der Waals surface area contributed by atoms with E-state index in [-0.39, 0.29) is 29.0 Å². The Bertz CT molecular complexity index is 1190. The Labute approximate surface area is 157 Å². The fourth-order valence-electron chi connectivity index (χ4n) is 2.67. The predicted molar refractivity (Wildman–Crippen MR) is 99.8 cm³/mol. The molecule has 0 spiro atoms. The molecule has 4 N–H and O–H groups in total. The van der Waals surface area contributed by atoms with E-state index in [2.05, 4.69) is 20.6 Å². The highest BCUT2D eigenvalue weighted by Crippen LogP contribution is 2.33. The van der Waals surface area contributed by atoms with Crippen LogP contribution in [-0.2, 0) is 0 Å². The monoisotopic (exact) mass is 380 g/mol. The van der Waals surface area contributed by atoms with Gasteiger partial charge in [-0.3, -0.25) is 0 Å². The molecule has 4 rings (SSSR count). The summed E-state index contributed by atoms with van der Waals surface area (Å²) in [5, 5.41) is 25.0. The first-order valence-electron chi connectivity index (χ1n) is 8.11. The summed E-state index contributed by atoms with van der Waals surface area (Å²) in [5.41, 5.74) is 0.962. The number of anilines is 4. The van der Waals surface area contributed by atoms with Crippen molar-refractivity contribution in [2.75, 3.05) is 10.6 Å². The highest BCUT2D eigenvalue weighted by Gasteiger charge is 2.21. The summed E-state index contributed by atoms with van der Waals surface area (Å²) < 4.78 is 19.5. The smallest absolute Gasteiger partial charge is 0.374 e. The summed E-state index contributed by atoms with van der Waals surface area (Å²) in [6, 6.07) is 12.9. The van der Waals surface area contributed by atoms with Crippen LogP contribution in [0.1, 0.15) is 10.6 Å². The number of rotatable bonds is 5. The van der Waals surface area contributed by atoms with E-state index in [9.17, 15) is 19.4 Å². The van der Waals surface area contributed by atoms with E-state index in [1.54, 1.807) is 36.4 Å². The van der Waals surface area contributed by atoms with Gasteiger partial charge < -0.3 is 25.3 Å². The van der Waals surface area contributed by atoms with Crippen LogP contribution >= 0.6 is 0 Å². The lowest BCUT2D eigenvalue weighted by Gasteiger charge is -2.09. The van der Waals surface area contributed by atoms with E-state index in [1.807, 2.05) is 0 Å². The number of furan rings is 1. The Hall–Kier alpha value is -4.14. The molecule has 0 saturated heterocycles. The van der Waals surface area contributed by atoms with Crippen LogP contribution in [-0.4, -0.2) is 26.2 Å². The molecule has 0 aliphatic carbocycles. The second-order valence-electron chi connectivity index (χ2n) is 5.80. The van der Waals surface area contributed by atoms with Gasteiger partial charge in [-0.1, -0.05) is 18.2 Å². The lowest BCUT2D eigenvalue weighted by atomic mass is 10.2. The molecule has 2 aromatic heterocycles. The average Bonchev–Trinajstić information content (AvgIpc) is 3.03. The van der Waals surface area contributed by atoms with Gasteiger partial charge in [-0.25, -0.2) is 14.2 Å². The van der Waals surface area contributed by atoms with Crippen LogP contribution in [0.5, 0.6) is 5.75 Å². The van der Waals surface area contributed by atoms with Gasteiger partial charge in [0.1, 0.15) is 17.0 Å². The zero-order chi connectivity index (χ0) is 19.7. The molecule has 4 aromatic rings. The van der Waals surface area contributed by atoms with Crippen molar-refractivity contribution in [2.45, 2.75) is 0 Å². The van der Waals surface area contributed by atoms with Crippen LogP contribution in [0.25, 0.3) is 11.0 Å². The Morgan fingerprint density at radius 2 is 1.93 bits per heavy atom. The van der Waals surface area contributed by atoms with Gasteiger partial charge in [0, 0.05) is 17.1 Å². The van der Waals surface area contributed by atoms with E-state index >= 15 is 0 Å². The number of para-hydroxylation sites is 1. The maximum Gasteiger partial charge on any atom is 0.374 e. The van der Waals surface area contributed by atoms with E-state index in [0.717, 1.165) is 6.20 Å². The highest BCUT2D eigenvalue weighted by molar-refractivity contribution is 6.04. The van der Waals surface area contributed by atoms with Crippen molar-refractivity contribution in [3.8, 4) is 5.75 Å². The predicted octanol–water partition coefficient (Wildman–Crippen LogP) is 4.25. The summed E-state index contributed by atoms with van der Waals surface area (Å²) in [4.78, 5) is 19.4. The van der Waals surface area contributed by atoms with Gasteiger partial charge in [-0.2, -0.15) is 4.98 Å². The zero-order valence-electron chi connectivity index (χ0n) is 14.2. The topological polar surface area (TPSA) is 121 Å². The van der Waals surface area contributed by atoms with Crippen molar-refractivity contribution >= 4 is 40.1 Å². The summed E-state index contributed by atoms with van der Waals surface area (Å²) in [7, 11) is 0. The van der Waals surface area contributed by atoms with Crippen LogP contribution in [0.4, 0.5) is 27.5 Å². The molecule has 2 heterocycles. The summed E-state index contributed by atoms with van der Waals surface area (Å²) >= 11 is 0. The minimum atomic E-state index is -1.26. The number of aromatic hydroxyl groups is 1. The van der Waals surface area contributed by atoms with E-state index in [4.69, 9.17) is 4.42 Å². The van der Waals surface area contributed by atoms with Crippen molar-refractivity contribution in [3.05, 3.63) is 66.3 Å². The fraction of sp³-hybridized carbons (Fsp3) is 0. The molecular weight excluding hydrogens is 367 g/mol. The van der Waals surface area contributed by atoms with Crippen molar-refractivity contribution < 1.29 is 23.8 Å². The number of carboxylic acid groups (broad SMARTS) is 1. The summed E-state index contributed by atoms with van der Waals surface area (Å²) in [6.45, 7) is 0. The van der Waals surface area contributed by atoms with Crippen molar-refractivity contribution in [2.24, 2.45) is 0 Å². The number of nitrogens with zero attached hydrogens (tertiary/aromatic N) is 2.